The van der Waals surface area contributed by atoms with Gasteiger partial charge in [0.1, 0.15) is 0 Å². The zero-order valence-electron chi connectivity index (χ0n) is 14.5. The van der Waals surface area contributed by atoms with Gasteiger partial charge in [-0.2, -0.15) is 0 Å². The molecule has 0 heterocycles. The number of amides is 1. The minimum Gasteiger partial charge on any atom is -0.350 e. The lowest BCUT2D eigenvalue weighted by atomic mass is 10.1. The summed E-state index contributed by atoms with van der Waals surface area (Å²) in [5, 5.41) is 2.70. The fourth-order valence-electron chi connectivity index (χ4n) is 2.14. The third kappa shape index (κ3) is 5.58. The summed E-state index contributed by atoms with van der Waals surface area (Å²) in [6.45, 7) is 5.74. The summed E-state index contributed by atoms with van der Waals surface area (Å²) < 4.78 is 27.6. The van der Waals surface area contributed by atoms with Crippen LogP contribution >= 0.6 is 0 Å². The number of nitrogens with one attached hydrogen (secondary N) is 2. The van der Waals surface area contributed by atoms with E-state index in [1.807, 2.05) is 13.0 Å². The van der Waals surface area contributed by atoms with E-state index in [0.717, 1.165) is 5.56 Å². The predicted octanol–water partition coefficient (Wildman–Crippen LogP) is 2.26. The maximum absolute atomic E-state index is 12.5. The quantitative estimate of drug-likeness (QED) is 0.734. The number of sulfonamides is 1. The van der Waals surface area contributed by atoms with E-state index in [4.69, 9.17) is 5.73 Å². The molecule has 2 rings (SSSR count). The van der Waals surface area contributed by atoms with Gasteiger partial charge in [-0.1, -0.05) is 18.2 Å². The highest BCUT2D eigenvalue weighted by Crippen LogP contribution is 2.18. The highest BCUT2D eigenvalue weighted by atomic mass is 32.2. The zero-order valence-corrected chi connectivity index (χ0v) is 15.4. The standard InChI is InChI=1S/C18H23N3O3S/c1-13-6-4-8-15(10-13)21-25(23,24)16-9-5-7-14(11-16)17(22)20-12-18(2,3)19/h4-11,21H,12,19H2,1-3H3,(H,20,22). The first-order valence-corrected chi connectivity index (χ1v) is 9.32. The molecular formula is C18H23N3O3S. The van der Waals surface area contributed by atoms with Crippen LogP contribution in [-0.2, 0) is 10.0 Å². The van der Waals surface area contributed by atoms with Crippen molar-refractivity contribution in [2.24, 2.45) is 5.73 Å². The first-order chi connectivity index (χ1) is 11.6. The Balaban J connectivity index is 2.20. The molecule has 0 bridgehead atoms. The number of anilines is 1. The van der Waals surface area contributed by atoms with Gasteiger partial charge in [0.05, 0.1) is 4.90 Å². The molecule has 0 atom stereocenters. The first kappa shape index (κ1) is 19.0. The lowest BCUT2D eigenvalue weighted by Crippen LogP contribution is -2.45. The van der Waals surface area contributed by atoms with Gasteiger partial charge in [0.25, 0.3) is 15.9 Å². The number of benzene rings is 2. The maximum atomic E-state index is 12.5. The molecule has 4 N–H and O–H groups in total. The predicted molar refractivity (Wildman–Crippen MR) is 99.0 cm³/mol. The summed E-state index contributed by atoms with van der Waals surface area (Å²) in [5.74, 6) is -0.369. The van der Waals surface area contributed by atoms with Crippen LogP contribution < -0.4 is 15.8 Å². The molecule has 1 amide bonds. The van der Waals surface area contributed by atoms with Crippen molar-refractivity contribution in [3.63, 3.8) is 0 Å². The highest BCUT2D eigenvalue weighted by molar-refractivity contribution is 7.92. The Kier molecular flexibility index (Phi) is 5.49. The molecule has 6 nitrogen and oxygen atoms in total. The number of aryl methyl sites for hydroxylation is 1. The van der Waals surface area contributed by atoms with Crippen molar-refractivity contribution in [3.05, 3.63) is 59.7 Å². The van der Waals surface area contributed by atoms with Crippen molar-refractivity contribution in [2.75, 3.05) is 11.3 Å². The van der Waals surface area contributed by atoms with Crippen molar-refractivity contribution in [1.82, 2.24) is 5.32 Å². The smallest absolute Gasteiger partial charge is 0.261 e. The fraction of sp³-hybridized carbons (Fsp3) is 0.278. The Morgan fingerprint density at radius 2 is 1.80 bits per heavy atom. The highest BCUT2D eigenvalue weighted by Gasteiger charge is 2.18. The number of nitrogens with two attached hydrogens (primary N) is 1. The van der Waals surface area contributed by atoms with E-state index < -0.39 is 15.6 Å². The van der Waals surface area contributed by atoms with Gasteiger partial charge in [0.2, 0.25) is 0 Å². The van der Waals surface area contributed by atoms with Crippen LogP contribution in [0.25, 0.3) is 0 Å². The third-order valence-corrected chi connectivity index (χ3v) is 4.76. The molecule has 2 aromatic carbocycles. The number of carbonyl (C=O) groups is 1. The van der Waals surface area contributed by atoms with Crippen LogP contribution in [-0.4, -0.2) is 26.4 Å². The monoisotopic (exact) mass is 361 g/mol. The summed E-state index contributed by atoms with van der Waals surface area (Å²) in [4.78, 5) is 12.2. The van der Waals surface area contributed by atoms with Crippen LogP contribution in [0.4, 0.5) is 5.69 Å². The summed E-state index contributed by atoms with van der Waals surface area (Å²) in [6, 6.07) is 12.9. The Morgan fingerprint density at radius 3 is 2.44 bits per heavy atom. The molecule has 0 aromatic heterocycles. The molecule has 0 saturated heterocycles. The SMILES string of the molecule is Cc1cccc(NS(=O)(=O)c2cccc(C(=O)NCC(C)(C)N)c2)c1. The lowest BCUT2D eigenvalue weighted by molar-refractivity contribution is 0.0946. The Morgan fingerprint density at radius 1 is 1.12 bits per heavy atom. The molecule has 0 aliphatic heterocycles. The second-order valence-electron chi connectivity index (χ2n) is 6.67. The van der Waals surface area contributed by atoms with Crippen LogP contribution in [0.2, 0.25) is 0 Å². The normalized spacial score (nSPS) is 11.8. The van der Waals surface area contributed by atoms with Crippen LogP contribution in [0.15, 0.2) is 53.4 Å². The summed E-state index contributed by atoms with van der Waals surface area (Å²) >= 11 is 0. The Labute approximate surface area is 148 Å². The second kappa shape index (κ2) is 7.25. The number of carbonyl (C=O) groups excluding carboxylic acids is 1. The van der Waals surface area contributed by atoms with Gasteiger partial charge in [-0.3, -0.25) is 9.52 Å². The maximum Gasteiger partial charge on any atom is 0.261 e. The first-order valence-electron chi connectivity index (χ1n) is 7.83. The lowest BCUT2D eigenvalue weighted by Gasteiger charge is -2.19. The fourth-order valence-corrected chi connectivity index (χ4v) is 3.23. The molecule has 0 fully saturated rings. The van der Waals surface area contributed by atoms with E-state index in [1.165, 1.54) is 18.2 Å². The van der Waals surface area contributed by atoms with E-state index in [-0.39, 0.29) is 22.9 Å². The van der Waals surface area contributed by atoms with Crippen LogP contribution in [0.5, 0.6) is 0 Å². The van der Waals surface area contributed by atoms with Gasteiger partial charge in [-0.15, -0.1) is 0 Å². The van der Waals surface area contributed by atoms with Crippen LogP contribution in [0.3, 0.4) is 0 Å². The van der Waals surface area contributed by atoms with Gasteiger partial charge in [0.15, 0.2) is 0 Å². The molecule has 134 valence electrons. The van der Waals surface area contributed by atoms with E-state index >= 15 is 0 Å². The zero-order chi connectivity index (χ0) is 18.7. The van der Waals surface area contributed by atoms with Crippen molar-refractivity contribution in [2.45, 2.75) is 31.2 Å². The van der Waals surface area contributed by atoms with Gasteiger partial charge in [0, 0.05) is 23.3 Å². The van der Waals surface area contributed by atoms with Crippen LogP contribution in [0, 0.1) is 6.92 Å². The van der Waals surface area contributed by atoms with Crippen molar-refractivity contribution in [3.8, 4) is 0 Å². The summed E-state index contributed by atoms with van der Waals surface area (Å²) in [6.07, 6.45) is 0. The average Bonchev–Trinajstić information content (AvgIpc) is 2.51. The molecule has 7 heteroatoms. The minimum absolute atomic E-state index is 0.0219. The van der Waals surface area contributed by atoms with Gasteiger partial charge in [-0.25, -0.2) is 8.42 Å². The van der Waals surface area contributed by atoms with Crippen molar-refractivity contribution >= 4 is 21.6 Å². The molecule has 0 aliphatic carbocycles. The molecular weight excluding hydrogens is 338 g/mol. The Bertz CT molecular complexity index is 871. The van der Waals surface area contributed by atoms with E-state index in [9.17, 15) is 13.2 Å². The average molecular weight is 361 g/mol. The molecule has 0 unspecified atom stereocenters. The third-order valence-electron chi connectivity index (χ3n) is 3.38. The topological polar surface area (TPSA) is 101 Å². The summed E-state index contributed by atoms with van der Waals surface area (Å²) in [5.41, 5.74) is 6.96. The molecule has 0 aliphatic rings. The molecule has 0 spiro atoms. The molecule has 0 saturated carbocycles. The number of hydrogen-bond donors (Lipinski definition) is 3. The second-order valence-corrected chi connectivity index (χ2v) is 8.36. The van der Waals surface area contributed by atoms with Gasteiger partial charge in [-0.05, 0) is 56.7 Å². The van der Waals surface area contributed by atoms with Crippen molar-refractivity contribution < 1.29 is 13.2 Å². The Hall–Kier alpha value is -2.38. The number of hydrogen-bond acceptors (Lipinski definition) is 4. The molecule has 25 heavy (non-hydrogen) atoms. The van der Waals surface area contributed by atoms with E-state index in [2.05, 4.69) is 10.0 Å². The van der Waals surface area contributed by atoms with Gasteiger partial charge < -0.3 is 11.1 Å². The van der Waals surface area contributed by atoms with Crippen LogP contribution in [0.1, 0.15) is 29.8 Å². The number of rotatable bonds is 6. The van der Waals surface area contributed by atoms with E-state index in [1.54, 1.807) is 38.1 Å². The van der Waals surface area contributed by atoms with E-state index in [0.29, 0.717) is 5.69 Å². The van der Waals surface area contributed by atoms with Crippen molar-refractivity contribution in [1.29, 1.82) is 0 Å². The minimum atomic E-state index is -3.78. The largest absolute Gasteiger partial charge is 0.350 e. The summed E-state index contributed by atoms with van der Waals surface area (Å²) in [7, 11) is -3.78. The molecule has 2 aromatic rings. The van der Waals surface area contributed by atoms with Gasteiger partial charge >= 0.3 is 0 Å². The molecule has 0 radical (unpaired) electrons.